The largest absolute Gasteiger partial charge is 0.469 e. The van der Waals surface area contributed by atoms with Gasteiger partial charge in [0.1, 0.15) is 5.78 Å². The van der Waals surface area contributed by atoms with Gasteiger partial charge in [-0.25, -0.2) is 0 Å². The van der Waals surface area contributed by atoms with Crippen molar-refractivity contribution in [1.29, 1.82) is 0 Å². The minimum Gasteiger partial charge on any atom is -0.469 e. The summed E-state index contributed by atoms with van der Waals surface area (Å²) < 4.78 is 4.63. The van der Waals surface area contributed by atoms with Crippen molar-refractivity contribution < 1.29 is 14.3 Å². The summed E-state index contributed by atoms with van der Waals surface area (Å²) in [6.07, 6.45) is 5.31. The summed E-state index contributed by atoms with van der Waals surface area (Å²) in [5.74, 6) is 0.316. The third-order valence-corrected chi connectivity index (χ3v) is 3.08. The molecular weight excluding hydrogens is 192 g/mol. The first-order valence-corrected chi connectivity index (χ1v) is 5.39. The van der Waals surface area contributed by atoms with Crippen LogP contribution in [0.15, 0.2) is 12.7 Å². The number of Topliss-reactive ketones (excluding diaryl/α,β-unsaturated/α-hetero) is 1. The predicted molar refractivity (Wildman–Crippen MR) is 57.3 cm³/mol. The number of rotatable bonds is 5. The standard InChI is InChI=1S/C12H18O3/c1-3-4-5-10-9(6-7-11(10)13)8-12(14)15-2/h3,9-10H,1,4-8H2,2H3. The van der Waals surface area contributed by atoms with Crippen molar-refractivity contribution in [3.8, 4) is 0 Å². The van der Waals surface area contributed by atoms with Gasteiger partial charge in [0.25, 0.3) is 0 Å². The third kappa shape index (κ3) is 3.18. The van der Waals surface area contributed by atoms with Crippen LogP contribution in [0.2, 0.25) is 0 Å². The number of carbonyl (C=O) groups excluding carboxylic acids is 2. The average Bonchev–Trinajstić information content (AvgIpc) is 2.57. The second-order valence-corrected chi connectivity index (χ2v) is 4.02. The van der Waals surface area contributed by atoms with Gasteiger partial charge in [-0.05, 0) is 25.2 Å². The van der Waals surface area contributed by atoms with Crippen molar-refractivity contribution in [2.24, 2.45) is 11.8 Å². The van der Waals surface area contributed by atoms with Gasteiger partial charge >= 0.3 is 5.97 Å². The van der Waals surface area contributed by atoms with E-state index in [1.54, 1.807) is 0 Å². The molecule has 0 aliphatic heterocycles. The minimum atomic E-state index is -0.210. The van der Waals surface area contributed by atoms with Crippen molar-refractivity contribution in [1.82, 2.24) is 0 Å². The first kappa shape index (κ1) is 12.0. The van der Waals surface area contributed by atoms with Crippen LogP contribution in [0.4, 0.5) is 0 Å². The fourth-order valence-corrected chi connectivity index (χ4v) is 2.21. The molecule has 0 radical (unpaired) electrons. The lowest BCUT2D eigenvalue weighted by atomic mass is 9.88. The molecule has 2 atom stereocenters. The molecule has 1 fully saturated rings. The van der Waals surface area contributed by atoms with E-state index in [1.165, 1.54) is 7.11 Å². The Bertz CT molecular complexity index is 258. The number of hydrogen-bond donors (Lipinski definition) is 0. The zero-order valence-corrected chi connectivity index (χ0v) is 9.20. The maximum absolute atomic E-state index is 11.6. The highest BCUT2D eigenvalue weighted by Crippen LogP contribution is 2.34. The van der Waals surface area contributed by atoms with Gasteiger partial charge in [0.2, 0.25) is 0 Å². The molecule has 0 heterocycles. The molecule has 0 amide bonds. The molecule has 0 bridgehead atoms. The molecule has 84 valence electrons. The molecular formula is C12H18O3. The summed E-state index contributed by atoms with van der Waals surface area (Å²) in [7, 11) is 1.39. The number of ether oxygens (including phenoxy) is 1. The van der Waals surface area contributed by atoms with Gasteiger partial charge in [-0.1, -0.05) is 6.08 Å². The first-order chi connectivity index (χ1) is 7.19. The minimum absolute atomic E-state index is 0.0436. The summed E-state index contributed by atoms with van der Waals surface area (Å²) in [6, 6.07) is 0. The highest BCUT2D eigenvalue weighted by atomic mass is 16.5. The number of ketones is 1. The quantitative estimate of drug-likeness (QED) is 0.515. The second kappa shape index (κ2) is 5.69. The molecule has 0 aromatic rings. The van der Waals surface area contributed by atoms with E-state index in [4.69, 9.17) is 0 Å². The van der Waals surface area contributed by atoms with Crippen molar-refractivity contribution >= 4 is 11.8 Å². The zero-order chi connectivity index (χ0) is 11.3. The Kier molecular flexibility index (Phi) is 4.53. The van der Waals surface area contributed by atoms with E-state index in [2.05, 4.69) is 11.3 Å². The molecule has 0 saturated heterocycles. The highest BCUT2D eigenvalue weighted by Gasteiger charge is 2.35. The zero-order valence-electron chi connectivity index (χ0n) is 9.20. The van der Waals surface area contributed by atoms with E-state index in [9.17, 15) is 9.59 Å². The van der Waals surface area contributed by atoms with E-state index in [1.807, 2.05) is 6.08 Å². The Morgan fingerprint density at radius 2 is 2.40 bits per heavy atom. The van der Waals surface area contributed by atoms with Crippen LogP contribution in [-0.2, 0) is 14.3 Å². The Labute approximate surface area is 90.5 Å². The van der Waals surface area contributed by atoms with Crippen LogP contribution in [0.25, 0.3) is 0 Å². The smallest absolute Gasteiger partial charge is 0.305 e. The van der Waals surface area contributed by atoms with Crippen LogP contribution in [0.5, 0.6) is 0 Å². The SMILES string of the molecule is C=CCCC1C(=O)CCC1CC(=O)OC. The molecule has 0 spiro atoms. The number of esters is 1. The lowest BCUT2D eigenvalue weighted by Crippen LogP contribution is -2.18. The number of carbonyl (C=O) groups is 2. The van der Waals surface area contributed by atoms with Gasteiger partial charge in [-0.15, -0.1) is 6.58 Å². The molecule has 1 saturated carbocycles. The van der Waals surface area contributed by atoms with E-state index >= 15 is 0 Å². The van der Waals surface area contributed by atoms with Crippen LogP contribution >= 0.6 is 0 Å². The molecule has 0 N–H and O–H groups in total. The van der Waals surface area contributed by atoms with Gasteiger partial charge in [0, 0.05) is 18.8 Å². The maximum atomic E-state index is 11.6. The molecule has 1 rings (SSSR count). The van der Waals surface area contributed by atoms with E-state index in [0.29, 0.717) is 18.6 Å². The Balaban J connectivity index is 2.51. The summed E-state index contributed by atoms with van der Waals surface area (Å²) in [6.45, 7) is 3.65. The number of methoxy groups -OCH3 is 1. The highest BCUT2D eigenvalue weighted by molar-refractivity contribution is 5.84. The van der Waals surface area contributed by atoms with Crippen LogP contribution in [0.1, 0.15) is 32.1 Å². The average molecular weight is 210 g/mol. The van der Waals surface area contributed by atoms with Gasteiger partial charge < -0.3 is 4.74 Å². The lowest BCUT2D eigenvalue weighted by molar-refractivity contribution is -0.142. The summed E-state index contributed by atoms with van der Waals surface area (Å²) in [5, 5.41) is 0. The molecule has 15 heavy (non-hydrogen) atoms. The second-order valence-electron chi connectivity index (χ2n) is 4.02. The van der Waals surface area contributed by atoms with Crippen molar-refractivity contribution in [2.75, 3.05) is 7.11 Å². The Morgan fingerprint density at radius 3 is 3.00 bits per heavy atom. The third-order valence-electron chi connectivity index (χ3n) is 3.08. The fourth-order valence-electron chi connectivity index (χ4n) is 2.21. The van der Waals surface area contributed by atoms with Gasteiger partial charge in [0.05, 0.1) is 7.11 Å². The van der Waals surface area contributed by atoms with Gasteiger partial charge in [-0.2, -0.15) is 0 Å². The normalized spacial score (nSPS) is 25.3. The maximum Gasteiger partial charge on any atom is 0.305 e. The molecule has 3 nitrogen and oxygen atoms in total. The van der Waals surface area contributed by atoms with Crippen LogP contribution in [-0.4, -0.2) is 18.9 Å². The van der Waals surface area contributed by atoms with Crippen molar-refractivity contribution in [3.63, 3.8) is 0 Å². The Morgan fingerprint density at radius 1 is 1.67 bits per heavy atom. The topological polar surface area (TPSA) is 43.4 Å². The van der Waals surface area contributed by atoms with Crippen molar-refractivity contribution in [3.05, 3.63) is 12.7 Å². The molecule has 1 aliphatic rings. The lowest BCUT2D eigenvalue weighted by Gasteiger charge is -2.16. The van der Waals surface area contributed by atoms with E-state index in [0.717, 1.165) is 19.3 Å². The molecule has 0 aromatic carbocycles. The first-order valence-electron chi connectivity index (χ1n) is 5.39. The number of hydrogen-bond acceptors (Lipinski definition) is 3. The number of allylic oxidation sites excluding steroid dienone is 1. The monoisotopic (exact) mass is 210 g/mol. The van der Waals surface area contributed by atoms with Gasteiger partial charge in [-0.3, -0.25) is 9.59 Å². The molecule has 1 aliphatic carbocycles. The van der Waals surface area contributed by atoms with Crippen LogP contribution < -0.4 is 0 Å². The predicted octanol–water partition coefficient (Wildman–Crippen LogP) is 2.11. The fraction of sp³-hybridized carbons (Fsp3) is 0.667. The summed E-state index contributed by atoms with van der Waals surface area (Å²) >= 11 is 0. The van der Waals surface area contributed by atoms with E-state index < -0.39 is 0 Å². The molecule has 3 heteroatoms. The summed E-state index contributed by atoms with van der Waals surface area (Å²) in [5.41, 5.74) is 0. The van der Waals surface area contributed by atoms with Crippen molar-refractivity contribution in [2.45, 2.75) is 32.1 Å². The van der Waals surface area contributed by atoms with Gasteiger partial charge in [0.15, 0.2) is 0 Å². The molecule has 0 aromatic heterocycles. The molecule has 2 unspecified atom stereocenters. The van der Waals surface area contributed by atoms with Crippen LogP contribution in [0, 0.1) is 11.8 Å². The Hall–Kier alpha value is -1.12. The summed E-state index contributed by atoms with van der Waals surface area (Å²) in [4.78, 5) is 22.7. The van der Waals surface area contributed by atoms with Crippen LogP contribution in [0.3, 0.4) is 0 Å². The van der Waals surface area contributed by atoms with E-state index in [-0.39, 0.29) is 17.8 Å².